The lowest BCUT2D eigenvalue weighted by molar-refractivity contribution is 1.08. The second-order valence-electron chi connectivity index (χ2n) is 3.64. The molecule has 0 radical (unpaired) electrons. The van der Waals surface area contributed by atoms with E-state index in [1.807, 2.05) is 30.1 Å². The highest BCUT2D eigenvalue weighted by atomic mass is 15.2. The van der Waals surface area contributed by atoms with Gasteiger partial charge in [0, 0.05) is 12.7 Å². The largest absolute Gasteiger partial charge is 0.382 e. The molecule has 2 rings (SSSR count). The lowest BCUT2D eigenvalue weighted by atomic mass is 10.2. The van der Waals surface area contributed by atoms with Gasteiger partial charge < -0.3 is 10.6 Å². The van der Waals surface area contributed by atoms with E-state index in [2.05, 4.69) is 23.0 Å². The number of aryl methyl sites for hydroxylation is 1. The van der Waals surface area contributed by atoms with Crippen LogP contribution in [0.2, 0.25) is 0 Å². The van der Waals surface area contributed by atoms with Crippen LogP contribution in [-0.4, -0.2) is 17.0 Å². The molecule has 4 nitrogen and oxygen atoms in total. The Labute approximate surface area is 94.8 Å². The van der Waals surface area contributed by atoms with Crippen LogP contribution in [0.4, 0.5) is 17.3 Å². The first-order chi connectivity index (χ1) is 7.68. The van der Waals surface area contributed by atoms with Crippen LogP contribution >= 0.6 is 0 Å². The van der Waals surface area contributed by atoms with Crippen LogP contribution in [0, 0.1) is 6.92 Å². The SMILES string of the molecule is Cc1ccccc1N(C)c1cnc(N)cn1. The molecule has 0 spiro atoms. The van der Waals surface area contributed by atoms with Crippen LogP contribution in [0.1, 0.15) is 5.56 Å². The molecular formula is C12H14N4. The van der Waals surface area contributed by atoms with Gasteiger partial charge >= 0.3 is 0 Å². The maximum Gasteiger partial charge on any atom is 0.151 e. The zero-order chi connectivity index (χ0) is 11.5. The normalized spacial score (nSPS) is 10.1. The molecule has 82 valence electrons. The minimum absolute atomic E-state index is 0.432. The zero-order valence-electron chi connectivity index (χ0n) is 9.38. The molecule has 2 N–H and O–H groups in total. The molecule has 1 aromatic heterocycles. The Morgan fingerprint density at radius 3 is 2.50 bits per heavy atom. The molecule has 0 aliphatic carbocycles. The molecule has 0 atom stereocenters. The van der Waals surface area contributed by atoms with E-state index in [0.29, 0.717) is 5.82 Å². The smallest absolute Gasteiger partial charge is 0.151 e. The second kappa shape index (κ2) is 4.18. The monoisotopic (exact) mass is 214 g/mol. The highest BCUT2D eigenvalue weighted by Crippen LogP contribution is 2.24. The van der Waals surface area contributed by atoms with Crippen LogP contribution in [0.15, 0.2) is 36.7 Å². The predicted octanol–water partition coefficient (Wildman–Crippen LogP) is 2.14. The molecule has 0 fully saturated rings. The summed E-state index contributed by atoms with van der Waals surface area (Å²) in [6.07, 6.45) is 3.23. The van der Waals surface area contributed by atoms with E-state index in [1.54, 1.807) is 12.4 Å². The Balaban J connectivity index is 2.35. The van der Waals surface area contributed by atoms with Gasteiger partial charge in [-0.15, -0.1) is 0 Å². The quantitative estimate of drug-likeness (QED) is 0.832. The number of benzene rings is 1. The van der Waals surface area contributed by atoms with Crippen molar-refractivity contribution in [1.29, 1.82) is 0 Å². The summed E-state index contributed by atoms with van der Waals surface area (Å²) >= 11 is 0. The highest BCUT2D eigenvalue weighted by Gasteiger charge is 2.07. The number of rotatable bonds is 2. The summed E-state index contributed by atoms with van der Waals surface area (Å²) in [5.74, 6) is 1.21. The summed E-state index contributed by atoms with van der Waals surface area (Å²) in [5, 5.41) is 0. The molecule has 4 heteroatoms. The van der Waals surface area contributed by atoms with Crippen LogP contribution in [-0.2, 0) is 0 Å². The predicted molar refractivity (Wildman–Crippen MR) is 65.7 cm³/mol. The van der Waals surface area contributed by atoms with Gasteiger partial charge in [0.25, 0.3) is 0 Å². The Bertz CT molecular complexity index is 479. The number of anilines is 3. The van der Waals surface area contributed by atoms with Crippen molar-refractivity contribution in [3.05, 3.63) is 42.2 Å². The number of hydrogen-bond donors (Lipinski definition) is 1. The van der Waals surface area contributed by atoms with Crippen LogP contribution in [0.25, 0.3) is 0 Å². The Kier molecular flexibility index (Phi) is 2.72. The van der Waals surface area contributed by atoms with E-state index in [-0.39, 0.29) is 0 Å². The van der Waals surface area contributed by atoms with E-state index < -0.39 is 0 Å². The van der Waals surface area contributed by atoms with Crippen LogP contribution < -0.4 is 10.6 Å². The summed E-state index contributed by atoms with van der Waals surface area (Å²) in [6, 6.07) is 8.13. The van der Waals surface area contributed by atoms with Crippen molar-refractivity contribution in [3.63, 3.8) is 0 Å². The molecule has 0 saturated heterocycles. The zero-order valence-corrected chi connectivity index (χ0v) is 9.38. The first-order valence-electron chi connectivity index (χ1n) is 5.05. The van der Waals surface area contributed by atoms with Gasteiger partial charge in [-0.1, -0.05) is 18.2 Å². The van der Waals surface area contributed by atoms with Crippen molar-refractivity contribution in [3.8, 4) is 0 Å². The number of nitrogens with zero attached hydrogens (tertiary/aromatic N) is 3. The molecule has 2 aromatic rings. The number of nitrogens with two attached hydrogens (primary N) is 1. The summed E-state index contributed by atoms with van der Waals surface area (Å²) in [4.78, 5) is 10.3. The van der Waals surface area contributed by atoms with Gasteiger partial charge in [0.1, 0.15) is 5.82 Å². The van der Waals surface area contributed by atoms with Gasteiger partial charge in [-0.25, -0.2) is 9.97 Å². The number of hydrogen-bond acceptors (Lipinski definition) is 4. The standard InChI is InChI=1S/C12H14N4/c1-9-5-3-4-6-10(9)16(2)12-8-14-11(13)7-15-12/h3-8H,1-2H3,(H2,13,14). The first-order valence-corrected chi connectivity index (χ1v) is 5.05. The molecule has 0 unspecified atom stereocenters. The fourth-order valence-electron chi connectivity index (χ4n) is 1.57. The molecule has 0 saturated carbocycles. The maximum atomic E-state index is 5.50. The van der Waals surface area contributed by atoms with Gasteiger partial charge in [-0.2, -0.15) is 0 Å². The van der Waals surface area contributed by atoms with Crippen molar-refractivity contribution in [2.24, 2.45) is 0 Å². The van der Waals surface area contributed by atoms with Crippen molar-refractivity contribution in [2.45, 2.75) is 6.92 Å². The second-order valence-corrected chi connectivity index (χ2v) is 3.64. The fraction of sp³-hybridized carbons (Fsp3) is 0.167. The number of nitrogen functional groups attached to an aromatic ring is 1. The fourth-order valence-corrected chi connectivity index (χ4v) is 1.57. The topological polar surface area (TPSA) is 55.0 Å². The van der Waals surface area contributed by atoms with E-state index >= 15 is 0 Å². The third-order valence-corrected chi connectivity index (χ3v) is 2.48. The number of para-hydroxylation sites is 1. The van der Waals surface area contributed by atoms with Crippen molar-refractivity contribution < 1.29 is 0 Å². The van der Waals surface area contributed by atoms with Crippen LogP contribution in [0.3, 0.4) is 0 Å². The van der Waals surface area contributed by atoms with Crippen LogP contribution in [0.5, 0.6) is 0 Å². The number of aromatic nitrogens is 2. The van der Waals surface area contributed by atoms with Gasteiger partial charge in [0.15, 0.2) is 5.82 Å². The lowest BCUT2D eigenvalue weighted by Crippen LogP contribution is -2.12. The summed E-state index contributed by atoms with van der Waals surface area (Å²) in [6.45, 7) is 2.07. The third-order valence-electron chi connectivity index (χ3n) is 2.48. The average Bonchev–Trinajstić information content (AvgIpc) is 2.30. The highest BCUT2D eigenvalue weighted by molar-refractivity contribution is 5.62. The van der Waals surface area contributed by atoms with E-state index in [4.69, 9.17) is 5.73 Å². The first kappa shape index (κ1) is 10.4. The molecular weight excluding hydrogens is 200 g/mol. The van der Waals surface area contributed by atoms with Gasteiger partial charge in [0.05, 0.1) is 12.4 Å². The Morgan fingerprint density at radius 2 is 1.88 bits per heavy atom. The molecule has 16 heavy (non-hydrogen) atoms. The van der Waals surface area contributed by atoms with E-state index in [0.717, 1.165) is 11.5 Å². The summed E-state index contributed by atoms with van der Waals surface area (Å²) in [5.41, 5.74) is 7.81. The van der Waals surface area contributed by atoms with Crippen molar-refractivity contribution >= 4 is 17.3 Å². The summed E-state index contributed by atoms with van der Waals surface area (Å²) in [7, 11) is 1.96. The van der Waals surface area contributed by atoms with E-state index in [9.17, 15) is 0 Å². The molecule has 0 amide bonds. The maximum absolute atomic E-state index is 5.50. The molecule has 0 aliphatic rings. The minimum Gasteiger partial charge on any atom is -0.382 e. The van der Waals surface area contributed by atoms with Crippen molar-refractivity contribution in [1.82, 2.24) is 9.97 Å². The molecule has 1 aromatic carbocycles. The molecule has 0 bridgehead atoms. The van der Waals surface area contributed by atoms with E-state index in [1.165, 1.54) is 5.56 Å². The Morgan fingerprint density at radius 1 is 1.12 bits per heavy atom. The molecule has 0 aliphatic heterocycles. The summed E-state index contributed by atoms with van der Waals surface area (Å²) < 4.78 is 0. The van der Waals surface area contributed by atoms with Crippen molar-refractivity contribution in [2.75, 3.05) is 17.7 Å². The van der Waals surface area contributed by atoms with Gasteiger partial charge in [-0.05, 0) is 18.6 Å². The van der Waals surface area contributed by atoms with Gasteiger partial charge in [0.2, 0.25) is 0 Å². The molecule has 1 heterocycles. The Hall–Kier alpha value is -2.10. The average molecular weight is 214 g/mol. The van der Waals surface area contributed by atoms with Gasteiger partial charge in [-0.3, -0.25) is 0 Å². The third kappa shape index (κ3) is 1.95. The minimum atomic E-state index is 0.432. The lowest BCUT2D eigenvalue weighted by Gasteiger charge is -2.19.